The second kappa shape index (κ2) is 6.82. The van der Waals surface area contributed by atoms with Gasteiger partial charge in [0.2, 0.25) is 11.6 Å². The van der Waals surface area contributed by atoms with E-state index in [1.807, 2.05) is 0 Å². The molecule has 2 heterocycles. The highest BCUT2D eigenvalue weighted by molar-refractivity contribution is 4.99. The first-order valence-corrected chi connectivity index (χ1v) is 7.01. The van der Waals surface area contributed by atoms with Crippen molar-refractivity contribution in [1.82, 2.24) is 0 Å². The molecule has 2 aliphatic heterocycles. The number of hydrogen-bond acceptors (Lipinski definition) is 11. The fourth-order valence-electron chi connectivity index (χ4n) is 2.66. The second-order valence-corrected chi connectivity index (χ2v) is 5.65. The molecule has 0 bridgehead atoms. The summed E-state index contributed by atoms with van der Waals surface area (Å²) in [4.78, 5) is 0. The maximum atomic E-state index is 10.2. The first-order chi connectivity index (χ1) is 10.7. The van der Waals surface area contributed by atoms with E-state index in [0.717, 1.165) is 0 Å². The molecule has 8 atom stereocenters. The summed E-state index contributed by atoms with van der Waals surface area (Å²) >= 11 is 0. The summed E-state index contributed by atoms with van der Waals surface area (Å²) in [5, 5.41) is 76.7. The van der Waals surface area contributed by atoms with E-state index in [0.29, 0.717) is 0 Å². The lowest BCUT2D eigenvalue weighted by Gasteiger charge is -2.34. The Bertz CT molecular complexity index is 408. The van der Waals surface area contributed by atoms with Crippen molar-refractivity contribution in [3.63, 3.8) is 0 Å². The third-order valence-electron chi connectivity index (χ3n) is 4.13. The summed E-state index contributed by atoms with van der Waals surface area (Å²) in [6.07, 6.45) is -9.18. The minimum atomic E-state index is -2.43. The van der Waals surface area contributed by atoms with E-state index in [9.17, 15) is 30.6 Å². The Morgan fingerprint density at radius 3 is 1.78 bits per heavy atom. The molecule has 0 aromatic heterocycles. The number of hydrogen-bond donors (Lipinski definition) is 8. The smallest absolute Gasteiger partial charge is 0.221 e. The molecule has 0 amide bonds. The van der Waals surface area contributed by atoms with Crippen molar-refractivity contribution in [2.75, 3.05) is 26.4 Å². The van der Waals surface area contributed by atoms with Crippen LogP contribution in [0.3, 0.4) is 0 Å². The molecule has 23 heavy (non-hydrogen) atoms. The van der Waals surface area contributed by atoms with Gasteiger partial charge < -0.3 is 55.1 Å². The molecule has 2 aliphatic rings. The predicted molar refractivity (Wildman–Crippen MR) is 68.7 cm³/mol. The van der Waals surface area contributed by atoms with Crippen molar-refractivity contribution in [2.45, 2.75) is 48.2 Å². The van der Waals surface area contributed by atoms with Gasteiger partial charge in [0.25, 0.3) is 0 Å². The standard InChI is InChI=1S/C12H22O11/c13-1-5-7(16)9(18)11(20,22-5)4-21-12(3-15)10(19)8(17)6(2-14)23-12/h5-10,13-20H,1-4H2. The summed E-state index contributed by atoms with van der Waals surface area (Å²) in [5.74, 6) is -4.59. The topological polar surface area (TPSA) is 190 Å². The molecule has 0 aromatic rings. The van der Waals surface area contributed by atoms with E-state index < -0.39 is 74.6 Å². The molecule has 0 spiro atoms. The molecule has 0 saturated carbocycles. The van der Waals surface area contributed by atoms with Crippen LogP contribution in [0.2, 0.25) is 0 Å². The Hall–Kier alpha value is -0.440. The van der Waals surface area contributed by atoms with Gasteiger partial charge in [-0.1, -0.05) is 0 Å². The lowest BCUT2D eigenvalue weighted by atomic mass is 10.0. The second-order valence-electron chi connectivity index (χ2n) is 5.65. The summed E-state index contributed by atoms with van der Waals surface area (Å²) in [6, 6.07) is 0. The monoisotopic (exact) mass is 342 g/mol. The fourth-order valence-corrected chi connectivity index (χ4v) is 2.66. The number of aliphatic hydroxyl groups excluding tert-OH is 7. The Kier molecular flexibility index (Phi) is 5.60. The molecule has 2 saturated heterocycles. The van der Waals surface area contributed by atoms with Gasteiger partial charge in [-0.25, -0.2) is 0 Å². The highest BCUT2D eigenvalue weighted by atomic mass is 16.8. The van der Waals surface area contributed by atoms with Crippen molar-refractivity contribution < 1.29 is 55.1 Å². The lowest BCUT2D eigenvalue weighted by molar-refractivity contribution is -0.328. The number of ether oxygens (including phenoxy) is 3. The van der Waals surface area contributed by atoms with Crippen LogP contribution >= 0.6 is 0 Å². The third kappa shape index (κ3) is 3.10. The molecule has 11 nitrogen and oxygen atoms in total. The van der Waals surface area contributed by atoms with Crippen LogP contribution in [0, 0.1) is 0 Å². The molecular weight excluding hydrogens is 320 g/mol. The van der Waals surface area contributed by atoms with Crippen LogP contribution in [0.25, 0.3) is 0 Å². The zero-order chi connectivity index (χ0) is 17.4. The van der Waals surface area contributed by atoms with Crippen LogP contribution in [0.1, 0.15) is 0 Å². The van der Waals surface area contributed by atoms with Gasteiger partial charge in [-0.2, -0.15) is 0 Å². The summed E-state index contributed by atoms with van der Waals surface area (Å²) < 4.78 is 15.2. The Morgan fingerprint density at radius 1 is 0.826 bits per heavy atom. The molecule has 8 N–H and O–H groups in total. The normalized spacial score (nSPS) is 50.6. The minimum absolute atomic E-state index is 0.655. The molecular formula is C12H22O11. The highest BCUT2D eigenvalue weighted by Crippen LogP contribution is 2.35. The maximum Gasteiger partial charge on any atom is 0.221 e. The summed E-state index contributed by atoms with van der Waals surface area (Å²) in [7, 11) is 0. The van der Waals surface area contributed by atoms with E-state index >= 15 is 0 Å². The number of aliphatic hydroxyl groups is 8. The average Bonchev–Trinajstić information content (AvgIpc) is 2.93. The van der Waals surface area contributed by atoms with Crippen molar-refractivity contribution in [3.8, 4) is 0 Å². The largest absolute Gasteiger partial charge is 0.394 e. The van der Waals surface area contributed by atoms with Crippen LogP contribution in [0.5, 0.6) is 0 Å². The summed E-state index contributed by atoms with van der Waals surface area (Å²) in [5.41, 5.74) is 0. The van der Waals surface area contributed by atoms with Gasteiger partial charge in [-0.15, -0.1) is 0 Å². The van der Waals surface area contributed by atoms with Crippen LogP contribution in [0.15, 0.2) is 0 Å². The van der Waals surface area contributed by atoms with Crippen molar-refractivity contribution in [2.24, 2.45) is 0 Å². The van der Waals surface area contributed by atoms with Gasteiger partial charge in [-0.05, 0) is 0 Å². The van der Waals surface area contributed by atoms with E-state index in [2.05, 4.69) is 0 Å². The van der Waals surface area contributed by atoms with Gasteiger partial charge in [-0.3, -0.25) is 0 Å². The SMILES string of the molecule is OCC1OC(O)(COC2(CO)OC(CO)C(O)C2O)C(O)C1O. The average molecular weight is 342 g/mol. The Morgan fingerprint density at radius 2 is 1.35 bits per heavy atom. The van der Waals surface area contributed by atoms with Crippen molar-refractivity contribution in [3.05, 3.63) is 0 Å². The molecule has 8 unspecified atom stereocenters. The molecule has 0 radical (unpaired) electrons. The van der Waals surface area contributed by atoms with Gasteiger partial charge in [0, 0.05) is 0 Å². The first-order valence-electron chi connectivity index (χ1n) is 7.01. The lowest BCUT2D eigenvalue weighted by Crippen LogP contribution is -2.54. The first kappa shape index (κ1) is 18.9. The van der Waals surface area contributed by atoms with Crippen LogP contribution in [-0.2, 0) is 14.2 Å². The van der Waals surface area contributed by atoms with Crippen molar-refractivity contribution in [1.29, 1.82) is 0 Å². The van der Waals surface area contributed by atoms with Crippen LogP contribution < -0.4 is 0 Å². The molecule has 2 fully saturated rings. The highest BCUT2D eigenvalue weighted by Gasteiger charge is 2.59. The fraction of sp³-hybridized carbons (Fsp3) is 1.00. The van der Waals surface area contributed by atoms with E-state index in [-0.39, 0.29) is 0 Å². The quantitative estimate of drug-likeness (QED) is 0.230. The van der Waals surface area contributed by atoms with Gasteiger partial charge in [0.15, 0.2) is 0 Å². The van der Waals surface area contributed by atoms with Crippen LogP contribution in [0.4, 0.5) is 0 Å². The minimum Gasteiger partial charge on any atom is -0.394 e. The third-order valence-corrected chi connectivity index (χ3v) is 4.13. The van der Waals surface area contributed by atoms with Crippen LogP contribution in [-0.4, -0.2) is 115 Å². The Labute approximate surface area is 130 Å². The van der Waals surface area contributed by atoms with E-state index in [1.165, 1.54) is 0 Å². The molecule has 0 aromatic carbocycles. The summed E-state index contributed by atoms with van der Waals surface area (Å²) in [6.45, 7) is -3.11. The Balaban J connectivity index is 2.09. The number of rotatable bonds is 6. The molecule has 2 rings (SSSR count). The van der Waals surface area contributed by atoms with Gasteiger partial charge in [0.05, 0.1) is 13.2 Å². The van der Waals surface area contributed by atoms with Gasteiger partial charge >= 0.3 is 0 Å². The molecule has 136 valence electrons. The van der Waals surface area contributed by atoms with E-state index in [1.54, 1.807) is 0 Å². The zero-order valence-electron chi connectivity index (χ0n) is 12.1. The molecule has 0 aliphatic carbocycles. The zero-order valence-corrected chi connectivity index (χ0v) is 12.1. The molecule has 11 heteroatoms. The predicted octanol–water partition coefficient (Wildman–Crippen LogP) is -5.39. The van der Waals surface area contributed by atoms with E-state index in [4.69, 9.17) is 24.4 Å². The van der Waals surface area contributed by atoms with Gasteiger partial charge in [0.1, 0.15) is 49.8 Å². The van der Waals surface area contributed by atoms with Crippen molar-refractivity contribution >= 4 is 0 Å². The maximum absolute atomic E-state index is 10.2.